The molecule has 1 heterocycles. The van der Waals surface area contributed by atoms with Crippen LogP contribution in [0.15, 0.2) is 22.8 Å². The van der Waals surface area contributed by atoms with E-state index >= 15 is 0 Å². The first-order valence-electron chi connectivity index (χ1n) is 6.91. The van der Waals surface area contributed by atoms with E-state index in [2.05, 4.69) is 31.1 Å². The van der Waals surface area contributed by atoms with Gasteiger partial charge in [-0.05, 0) is 40.5 Å². The van der Waals surface area contributed by atoms with Gasteiger partial charge in [-0.1, -0.05) is 0 Å². The van der Waals surface area contributed by atoms with Crippen LogP contribution in [0.5, 0.6) is 0 Å². The molecule has 0 aliphatic heterocycles. The van der Waals surface area contributed by atoms with Gasteiger partial charge in [0.1, 0.15) is 5.82 Å². The third-order valence-corrected chi connectivity index (χ3v) is 3.49. The number of carboxylic acids is 1. The van der Waals surface area contributed by atoms with Crippen molar-refractivity contribution in [3.05, 3.63) is 51.4 Å². The predicted octanol–water partition coefficient (Wildman–Crippen LogP) is 3.06. The topological polar surface area (TPSA) is 101 Å². The summed E-state index contributed by atoms with van der Waals surface area (Å²) < 4.78 is 42.0. The van der Waals surface area contributed by atoms with Crippen molar-refractivity contribution in [3.8, 4) is 0 Å². The number of pyridine rings is 1. The molecule has 0 atom stereocenters. The van der Waals surface area contributed by atoms with E-state index in [4.69, 9.17) is 5.11 Å². The first kappa shape index (κ1) is 19.7. The quantitative estimate of drug-likeness (QED) is 0.478. The Labute approximate surface area is 153 Å². The first-order valence-corrected chi connectivity index (χ1v) is 7.70. The second kappa shape index (κ2) is 8.15. The number of amides is 1. The lowest BCUT2D eigenvalue weighted by Gasteiger charge is -2.15. The molecular formula is C15H11BrF3N3O4. The van der Waals surface area contributed by atoms with Gasteiger partial charge in [-0.15, -0.1) is 0 Å². The number of aromatic nitrogens is 1. The molecule has 2 aromatic rings. The number of benzene rings is 1. The van der Waals surface area contributed by atoms with E-state index < -0.39 is 47.2 Å². The summed E-state index contributed by atoms with van der Waals surface area (Å²) in [6.45, 7) is 0.738. The molecule has 0 fully saturated rings. The standard InChI is InChI=1S/C15H11BrF3N3O4/c1-6-2-7(16)4-20-14(6)21-13-8(3-9(17)11(18)12(13)19)15(25)22-26-5-10(23)24/h2-4H,5H2,1H3,(H,20,21)(H,22,25)(H,23,24). The van der Waals surface area contributed by atoms with E-state index in [0.717, 1.165) is 0 Å². The van der Waals surface area contributed by atoms with Crippen LogP contribution >= 0.6 is 15.9 Å². The number of nitrogens with one attached hydrogen (secondary N) is 2. The number of rotatable bonds is 6. The van der Waals surface area contributed by atoms with Gasteiger partial charge in [-0.2, -0.15) is 0 Å². The number of anilines is 2. The van der Waals surface area contributed by atoms with Crippen LogP contribution in [0.1, 0.15) is 15.9 Å². The Kier molecular flexibility index (Phi) is 6.16. The van der Waals surface area contributed by atoms with Crippen molar-refractivity contribution >= 4 is 39.3 Å². The lowest BCUT2D eigenvalue weighted by molar-refractivity contribution is -0.144. The van der Waals surface area contributed by atoms with E-state index in [9.17, 15) is 22.8 Å². The maximum atomic E-state index is 14.2. The largest absolute Gasteiger partial charge is 0.479 e. The fraction of sp³-hybridized carbons (Fsp3) is 0.133. The van der Waals surface area contributed by atoms with Gasteiger partial charge in [0.25, 0.3) is 5.91 Å². The number of nitrogens with zero attached hydrogens (tertiary/aromatic N) is 1. The molecule has 0 aliphatic carbocycles. The van der Waals surface area contributed by atoms with Crippen LogP contribution in [0.4, 0.5) is 24.7 Å². The smallest absolute Gasteiger partial charge is 0.332 e. The Hall–Kier alpha value is -2.66. The highest BCUT2D eigenvalue weighted by atomic mass is 79.9. The molecule has 26 heavy (non-hydrogen) atoms. The molecule has 3 N–H and O–H groups in total. The summed E-state index contributed by atoms with van der Waals surface area (Å²) in [7, 11) is 0. The van der Waals surface area contributed by atoms with E-state index in [1.165, 1.54) is 6.20 Å². The lowest BCUT2D eigenvalue weighted by Crippen LogP contribution is -2.28. The third-order valence-electron chi connectivity index (χ3n) is 3.06. The van der Waals surface area contributed by atoms with Crippen molar-refractivity contribution in [3.63, 3.8) is 0 Å². The van der Waals surface area contributed by atoms with Gasteiger partial charge in [-0.25, -0.2) is 28.4 Å². The van der Waals surface area contributed by atoms with Crippen LogP contribution in [0.25, 0.3) is 0 Å². The molecule has 7 nitrogen and oxygen atoms in total. The minimum Gasteiger partial charge on any atom is -0.479 e. The first-order chi connectivity index (χ1) is 12.2. The summed E-state index contributed by atoms with van der Waals surface area (Å²) in [6, 6.07) is 2.08. The lowest BCUT2D eigenvalue weighted by atomic mass is 10.1. The molecule has 1 amide bonds. The molecule has 138 valence electrons. The number of hydrogen-bond acceptors (Lipinski definition) is 5. The Morgan fingerprint density at radius 2 is 1.96 bits per heavy atom. The average molecular weight is 434 g/mol. The third kappa shape index (κ3) is 4.49. The number of aliphatic carboxylic acids is 1. The molecule has 0 unspecified atom stereocenters. The zero-order chi connectivity index (χ0) is 19.4. The molecule has 0 saturated heterocycles. The summed E-state index contributed by atoms with van der Waals surface area (Å²) in [5.74, 6) is -7.49. The summed E-state index contributed by atoms with van der Waals surface area (Å²) in [5.41, 5.74) is 0.911. The van der Waals surface area contributed by atoms with Crippen LogP contribution in [-0.4, -0.2) is 28.6 Å². The molecule has 0 saturated carbocycles. The maximum absolute atomic E-state index is 14.2. The normalized spacial score (nSPS) is 10.5. The van der Waals surface area contributed by atoms with Gasteiger partial charge < -0.3 is 10.4 Å². The van der Waals surface area contributed by atoms with Crippen molar-refractivity contribution in [1.29, 1.82) is 0 Å². The van der Waals surface area contributed by atoms with E-state index in [-0.39, 0.29) is 5.82 Å². The number of carbonyl (C=O) groups excluding carboxylic acids is 1. The Balaban J connectivity index is 2.41. The number of aryl methyl sites for hydroxylation is 1. The molecule has 0 bridgehead atoms. The SMILES string of the molecule is Cc1cc(Br)cnc1Nc1c(C(=O)NOCC(=O)O)cc(F)c(F)c1F. The Bertz CT molecular complexity index is 880. The molecule has 0 spiro atoms. The minimum atomic E-state index is -1.79. The number of hydroxylamine groups is 1. The van der Waals surface area contributed by atoms with Gasteiger partial charge in [-0.3, -0.25) is 9.63 Å². The van der Waals surface area contributed by atoms with Gasteiger partial charge in [0, 0.05) is 10.7 Å². The maximum Gasteiger partial charge on any atom is 0.332 e. The van der Waals surface area contributed by atoms with Crippen LogP contribution < -0.4 is 10.8 Å². The monoisotopic (exact) mass is 433 g/mol. The highest BCUT2D eigenvalue weighted by molar-refractivity contribution is 9.10. The van der Waals surface area contributed by atoms with E-state index in [1.807, 2.05) is 0 Å². The molecule has 1 aromatic heterocycles. The fourth-order valence-electron chi connectivity index (χ4n) is 1.90. The van der Waals surface area contributed by atoms with Crippen molar-refractivity contribution in [2.45, 2.75) is 6.92 Å². The number of carboxylic acid groups (broad SMARTS) is 1. The van der Waals surface area contributed by atoms with Gasteiger partial charge in [0.05, 0.1) is 11.3 Å². The fourth-order valence-corrected chi connectivity index (χ4v) is 2.35. The zero-order valence-corrected chi connectivity index (χ0v) is 14.7. The molecule has 0 aliphatic rings. The summed E-state index contributed by atoms with van der Waals surface area (Å²) in [4.78, 5) is 30.8. The molecule has 11 heteroatoms. The van der Waals surface area contributed by atoms with E-state index in [0.29, 0.717) is 16.1 Å². The van der Waals surface area contributed by atoms with Crippen LogP contribution in [0.3, 0.4) is 0 Å². The Morgan fingerprint density at radius 3 is 2.58 bits per heavy atom. The molecule has 1 aromatic carbocycles. The predicted molar refractivity (Wildman–Crippen MR) is 87.3 cm³/mol. The van der Waals surface area contributed by atoms with Crippen molar-refractivity contribution < 1.29 is 32.7 Å². The van der Waals surface area contributed by atoms with Gasteiger partial charge in [0.2, 0.25) is 0 Å². The molecule has 2 rings (SSSR count). The molecular weight excluding hydrogens is 423 g/mol. The number of hydrogen-bond donors (Lipinski definition) is 3. The van der Waals surface area contributed by atoms with Crippen molar-refractivity contribution in [2.24, 2.45) is 0 Å². The van der Waals surface area contributed by atoms with Crippen molar-refractivity contribution in [2.75, 3.05) is 11.9 Å². The Morgan fingerprint density at radius 1 is 1.27 bits per heavy atom. The van der Waals surface area contributed by atoms with Gasteiger partial charge >= 0.3 is 5.97 Å². The summed E-state index contributed by atoms with van der Waals surface area (Å²) in [5, 5.41) is 10.9. The van der Waals surface area contributed by atoms with E-state index in [1.54, 1.807) is 18.5 Å². The highest BCUT2D eigenvalue weighted by Gasteiger charge is 2.24. The highest BCUT2D eigenvalue weighted by Crippen LogP contribution is 2.29. The zero-order valence-electron chi connectivity index (χ0n) is 13.1. The van der Waals surface area contributed by atoms with Gasteiger partial charge in [0.15, 0.2) is 24.1 Å². The summed E-state index contributed by atoms with van der Waals surface area (Å²) >= 11 is 3.19. The number of carbonyl (C=O) groups is 2. The summed E-state index contributed by atoms with van der Waals surface area (Å²) in [6.07, 6.45) is 1.38. The number of halogens is 4. The second-order valence-corrected chi connectivity index (χ2v) is 5.88. The minimum absolute atomic E-state index is 0.0959. The van der Waals surface area contributed by atoms with Crippen LogP contribution in [0.2, 0.25) is 0 Å². The second-order valence-electron chi connectivity index (χ2n) is 4.97. The average Bonchev–Trinajstić information content (AvgIpc) is 2.56. The van der Waals surface area contributed by atoms with Crippen molar-refractivity contribution in [1.82, 2.24) is 10.5 Å². The van der Waals surface area contributed by atoms with Crippen LogP contribution in [0, 0.1) is 24.4 Å². The van der Waals surface area contributed by atoms with Crippen LogP contribution in [-0.2, 0) is 9.63 Å². The molecule has 0 radical (unpaired) electrons.